The monoisotopic (exact) mass is 688 g/mol. The summed E-state index contributed by atoms with van der Waals surface area (Å²) in [4.78, 5) is 24.5. The minimum Gasteiger partial charge on any atom is -0.461 e. The summed E-state index contributed by atoms with van der Waals surface area (Å²) in [6.45, 7) is 15.7. The first-order valence-corrected chi connectivity index (χ1v) is 19.1. The van der Waals surface area contributed by atoms with Gasteiger partial charge < -0.3 is 19.3 Å². The molecule has 0 heterocycles. The third kappa shape index (κ3) is 13.8. The molecule has 0 spiro atoms. The summed E-state index contributed by atoms with van der Waals surface area (Å²) in [5.41, 5.74) is 4.79. The summed E-state index contributed by atoms with van der Waals surface area (Å²) in [6.07, 6.45) is 25.2. The topological polar surface area (TPSA) is 82.1 Å². The minimum atomic E-state index is -0.683. The predicted octanol–water partition coefficient (Wildman–Crippen LogP) is 9.79. The average Bonchev–Trinajstić information content (AvgIpc) is 3.15. The van der Waals surface area contributed by atoms with E-state index in [-0.39, 0.29) is 31.0 Å². The third-order valence-electron chi connectivity index (χ3n) is 11.0. The molecular formula is C44H64O6. The van der Waals surface area contributed by atoms with Crippen LogP contribution in [0.3, 0.4) is 0 Å². The van der Waals surface area contributed by atoms with Gasteiger partial charge in [0.05, 0.1) is 30.3 Å². The number of ether oxygens (including phenoxy) is 3. The average molecular weight is 689 g/mol. The van der Waals surface area contributed by atoms with Crippen molar-refractivity contribution in [2.75, 3.05) is 33.5 Å². The number of esters is 2. The van der Waals surface area contributed by atoms with Gasteiger partial charge >= 0.3 is 11.9 Å². The smallest absolute Gasteiger partial charge is 0.335 e. The summed E-state index contributed by atoms with van der Waals surface area (Å²) in [6, 6.07) is 8.09. The fourth-order valence-corrected chi connectivity index (χ4v) is 7.61. The fraction of sp³-hybridized carbons (Fsp3) is 0.591. The van der Waals surface area contributed by atoms with Crippen molar-refractivity contribution in [2.24, 2.45) is 23.7 Å². The third-order valence-corrected chi connectivity index (χ3v) is 11.0. The number of hydrogen-bond donors (Lipinski definition) is 1. The molecule has 2 fully saturated rings. The standard InChI is InChI=1S/C44H64O6/c1-7-9-10-11-36-16-20-39(21-17-36)40-26-24-38(25-27-40)32(3)12-13-35(8-2)14-15-37-18-22-41(23-19-37)42(30-49-43(46)33(4)28-45)31-50-44(47)34(5)29-48-6/h8,12-13,18-19,22-23,36,38-40,42,45H,3-5,7,9-11,14-17,20-21,24-31H2,1-2,6H3/b13-12-,35-8+. The fourth-order valence-electron chi connectivity index (χ4n) is 7.61. The molecule has 0 radical (unpaired) electrons. The Morgan fingerprint density at radius 3 is 2.02 bits per heavy atom. The minimum absolute atomic E-state index is 0.000950. The normalized spacial score (nSPS) is 21.8. The maximum atomic E-state index is 12.3. The van der Waals surface area contributed by atoms with Gasteiger partial charge in [-0.1, -0.05) is 119 Å². The van der Waals surface area contributed by atoms with Crippen molar-refractivity contribution in [2.45, 2.75) is 110 Å². The van der Waals surface area contributed by atoms with Crippen molar-refractivity contribution in [1.82, 2.24) is 0 Å². The Kier molecular flexibility index (Phi) is 18.6. The van der Waals surface area contributed by atoms with Gasteiger partial charge in [0.25, 0.3) is 0 Å². The van der Waals surface area contributed by atoms with Crippen LogP contribution in [0, 0.1) is 23.7 Å². The molecule has 0 saturated heterocycles. The highest BCUT2D eigenvalue weighted by molar-refractivity contribution is 5.88. The quantitative estimate of drug-likeness (QED) is 0.0600. The molecule has 1 atom stereocenters. The molecule has 1 N–H and O–H groups in total. The van der Waals surface area contributed by atoms with Crippen molar-refractivity contribution in [3.8, 4) is 0 Å². The SMILES string of the molecule is C=C(CO)C(=O)OCC(COC(=O)C(=C)COC)c1ccc(CCC(/C=C\C(=C)C2CCC(C3CCC(CCCCC)CC3)CC2)=C/C)cc1. The molecular weight excluding hydrogens is 624 g/mol. The molecule has 1 aromatic carbocycles. The number of benzene rings is 1. The Morgan fingerprint density at radius 1 is 0.860 bits per heavy atom. The number of rotatable bonds is 21. The second kappa shape index (κ2) is 22.6. The van der Waals surface area contributed by atoms with Crippen LogP contribution in [0.15, 0.2) is 84.5 Å². The lowest BCUT2D eigenvalue weighted by Crippen LogP contribution is -2.26. The highest BCUT2D eigenvalue weighted by Crippen LogP contribution is 2.43. The Morgan fingerprint density at radius 2 is 1.46 bits per heavy atom. The van der Waals surface area contributed by atoms with E-state index in [1.165, 1.54) is 101 Å². The molecule has 2 aliphatic rings. The van der Waals surface area contributed by atoms with Crippen molar-refractivity contribution in [3.05, 3.63) is 95.6 Å². The lowest BCUT2D eigenvalue weighted by molar-refractivity contribution is -0.143. The van der Waals surface area contributed by atoms with Crippen LogP contribution >= 0.6 is 0 Å². The number of hydrogen-bond acceptors (Lipinski definition) is 6. The van der Waals surface area contributed by atoms with Gasteiger partial charge in [-0.3, -0.25) is 0 Å². The number of carbonyl (C=O) groups excluding carboxylic acids is 2. The molecule has 2 aliphatic carbocycles. The van der Waals surface area contributed by atoms with Crippen LogP contribution in [-0.4, -0.2) is 50.6 Å². The van der Waals surface area contributed by atoms with Crippen LogP contribution in [0.2, 0.25) is 0 Å². The molecule has 2 saturated carbocycles. The van der Waals surface area contributed by atoms with Crippen LogP contribution in [0.1, 0.15) is 114 Å². The molecule has 6 heteroatoms. The Balaban J connectivity index is 1.47. The van der Waals surface area contributed by atoms with E-state index in [0.717, 1.165) is 36.2 Å². The summed E-state index contributed by atoms with van der Waals surface area (Å²) in [7, 11) is 1.48. The van der Waals surface area contributed by atoms with Crippen LogP contribution in [0.25, 0.3) is 0 Å². The summed E-state index contributed by atoms with van der Waals surface area (Å²) in [5.74, 6) is 1.82. The molecule has 3 rings (SSSR count). The first kappa shape index (κ1) is 41.2. The Labute approximate surface area is 302 Å². The molecule has 0 aliphatic heterocycles. The van der Waals surface area contributed by atoms with Gasteiger partial charge in [-0.2, -0.15) is 0 Å². The summed E-state index contributed by atoms with van der Waals surface area (Å²) in [5, 5.41) is 9.21. The van der Waals surface area contributed by atoms with Gasteiger partial charge in [-0.25, -0.2) is 9.59 Å². The zero-order valence-electron chi connectivity index (χ0n) is 31.3. The number of aliphatic hydroxyl groups is 1. The first-order valence-electron chi connectivity index (χ1n) is 19.1. The van der Waals surface area contributed by atoms with E-state index in [1.807, 2.05) is 12.1 Å². The zero-order valence-corrected chi connectivity index (χ0v) is 31.3. The molecule has 1 unspecified atom stereocenters. The van der Waals surface area contributed by atoms with E-state index >= 15 is 0 Å². The van der Waals surface area contributed by atoms with Crippen molar-refractivity contribution < 1.29 is 28.9 Å². The number of aryl methyl sites for hydroxylation is 1. The largest absolute Gasteiger partial charge is 0.461 e. The summed E-state index contributed by atoms with van der Waals surface area (Å²) >= 11 is 0. The highest BCUT2D eigenvalue weighted by Gasteiger charge is 2.31. The number of aliphatic hydroxyl groups excluding tert-OH is 1. The van der Waals surface area contributed by atoms with Gasteiger partial charge in [0.2, 0.25) is 0 Å². The molecule has 0 aromatic heterocycles. The molecule has 0 amide bonds. The molecule has 1 aromatic rings. The van der Waals surface area contributed by atoms with Crippen LogP contribution in [-0.2, 0) is 30.2 Å². The van der Waals surface area contributed by atoms with Gasteiger partial charge in [-0.05, 0) is 93.1 Å². The van der Waals surface area contributed by atoms with E-state index in [4.69, 9.17) is 14.2 Å². The van der Waals surface area contributed by atoms with Crippen LogP contribution < -0.4 is 0 Å². The number of carbonyl (C=O) groups is 2. The van der Waals surface area contributed by atoms with Crippen LogP contribution in [0.4, 0.5) is 0 Å². The molecule has 50 heavy (non-hydrogen) atoms. The second-order valence-corrected chi connectivity index (χ2v) is 14.6. The van der Waals surface area contributed by atoms with Crippen LogP contribution in [0.5, 0.6) is 0 Å². The van der Waals surface area contributed by atoms with Gasteiger partial charge in [-0.15, -0.1) is 0 Å². The molecule has 0 bridgehead atoms. The van der Waals surface area contributed by atoms with E-state index in [1.54, 1.807) is 0 Å². The first-order chi connectivity index (χ1) is 24.2. The summed E-state index contributed by atoms with van der Waals surface area (Å²) < 4.78 is 15.8. The molecule has 6 nitrogen and oxygen atoms in total. The number of unbranched alkanes of at least 4 members (excludes halogenated alkanes) is 2. The highest BCUT2D eigenvalue weighted by atomic mass is 16.5. The van der Waals surface area contributed by atoms with E-state index in [9.17, 15) is 14.7 Å². The second-order valence-electron chi connectivity index (χ2n) is 14.6. The van der Waals surface area contributed by atoms with E-state index < -0.39 is 24.5 Å². The number of allylic oxidation sites excluding steroid dienone is 5. The van der Waals surface area contributed by atoms with Crippen molar-refractivity contribution >= 4 is 11.9 Å². The van der Waals surface area contributed by atoms with E-state index in [0.29, 0.717) is 5.92 Å². The van der Waals surface area contributed by atoms with E-state index in [2.05, 4.69) is 63.9 Å². The predicted molar refractivity (Wildman–Crippen MR) is 204 cm³/mol. The van der Waals surface area contributed by atoms with Gasteiger partial charge in [0.1, 0.15) is 13.2 Å². The lowest BCUT2D eigenvalue weighted by Gasteiger charge is -2.38. The lowest BCUT2D eigenvalue weighted by atomic mass is 9.68. The molecule has 276 valence electrons. The van der Waals surface area contributed by atoms with Gasteiger partial charge in [0.15, 0.2) is 0 Å². The van der Waals surface area contributed by atoms with Gasteiger partial charge in [0, 0.05) is 7.11 Å². The Bertz CT molecular complexity index is 1290. The zero-order chi connectivity index (χ0) is 36.3. The number of methoxy groups -OCH3 is 1. The maximum absolute atomic E-state index is 12.3. The van der Waals surface area contributed by atoms with Crippen molar-refractivity contribution in [1.29, 1.82) is 0 Å². The van der Waals surface area contributed by atoms with Crippen molar-refractivity contribution in [3.63, 3.8) is 0 Å². The maximum Gasteiger partial charge on any atom is 0.335 e. The Hall–Kier alpha value is -3.22.